The van der Waals surface area contributed by atoms with E-state index in [1.807, 2.05) is 13.8 Å². The summed E-state index contributed by atoms with van der Waals surface area (Å²) in [6.07, 6.45) is 4.01. The summed E-state index contributed by atoms with van der Waals surface area (Å²) in [5.41, 5.74) is 0. The molecule has 0 amide bonds. The summed E-state index contributed by atoms with van der Waals surface area (Å²) in [4.78, 5) is 0. The molecule has 0 radical (unpaired) electrons. The SMILES string of the molecule is CC(C)CS(=O)(=O)C1C[C@H]2CC[C@H](C1)N2. The van der Waals surface area contributed by atoms with E-state index in [9.17, 15) is 8.42 Å². The highest BCUT2D eigenvalue weighted by Gasteiger charge is 2.39. The van der Waals surface area contributed by atoms with Crippen LogP contribution in [0, 0.1) is 5.92 Å². The molecule has 2 aliphatic heterocycles. The highest BCUT2D eigenvalue weighted by molar-refractivity contribution is 7.92. The van der Waals surface area contributed by atoms with Gasteiger partial charge in [0.05, 0.1) is 11.0 Å². The normalized spacial score (nSPS) is 36.1. The van der Waals surface area contributed by atoms with E-state index < -0.39 is 9.84 Å². The number of rotatable bonds is 3. The third kappa shape index (κ3) is 2.53. The number of hydrogen-bond donors (Lipinski definition) is 1. The van der Waals surface area contributed by atoms with Crippen LogP contribution in [0.25, 0.3) is 0 Å². The molecule has 88 valence electrons. The Hall–Kier alpha value is -0.0900. The van der Waals surface area contributed by atoms with Crippen molar-refractivity contribution in [2.24, 2.45) is 5.92 Å². The maximum atomic E-state index is 12.1. The molecule has 3 nitrogen and oxygen atoms in total. The summed E-state index contributed by atoms with van der Waals surface area (Å²) in [7, 11) is -2.85. The number of nitrogens with one attached hydrogen (secondary N) is 1. The van der Waals surface area contributed by atoms with Gasteiger partial charge in [-0.25, -0.2) is 8.42 Å². The van der Waals surface area contributed by atoms with Crippen molar-refractivity contribution in [3.8, 4) is 0 Å². The topological polar surface area (TPSA) is 46.2 Å². The van der Waals surface area contributed by atoms with Gasteiger partial charge in [0.15, 0.2) is 9.84 Å². The quantitative estimate of drug-likeness (QED) is 0.797. The zero-order chi connectivity index (χ0) is 11.1. The summed E-state index contributed by atoms with van der Waals surface area (Å²) >= 11 is 0. The zero-order valence-electron chi connectivity index (χ0n) is 9.57. The molecule has 2 atom stereocenters. The Labute approximate surface area is 92.6 Å². The fourth-order valence-electron chi connectivity index (χ4n) is 2.90. The van der Waals surface area contributed by atoms with E-state index in [-0.39, 0.29) is 11.2 Å². The van der Waals surface area contributed by atoms with Crippen LogP contribution in [-0.2, 0) is 9.84 Å². The van der Waals surface area contributed by atoms with E-state index >= 15 is 0 Å². The van der Waals surface area contributed by atoms with Gasteiger partial charge in [-0.05, 0) is 31.6 Å². The molecule has 0 saturated carbocycles. The predicted molar refractivity (Wildman–Crippen MR) is 61.6 cm³/mol. The number of fused-ring (bicyclic) bond motifs is 2. The average molecular weight is 231 g/mol. The van der Waals surface area contributed by atoms with E-state index in [2.05, 4.69) is 5.32 Å². The molecule has 2 saturated heterocycles. The van der Waals surface area contributed by atoms with Gasteiger partial charge in [0.1, 0.15) is 0 Å². The van der Waals surface area contributed by atoms with Crippen LogP contribution in [0.1, 0.15) is 39.5 Å². The Bertz CT molecular complexity index is 311. The van der Waals surface area contributed by atoms with Gasteiger partial charge < -0.3 is 5.32 Å². The lowest BCUT2D eigenvalue weighted by Gasteiger charge is -2.29. The Morgan fingerprint density at radius 1 is 1.20 bits per heavy atom. The lowest BCUT2D eigenvalue weighted by atomic mass is 10.1. The molecule has 0 spiro atoms. The minimum absolute atomic E-state index is 0.0707. The molecule has 15 heavy (non-hydrogen) atoms. The van der Waals surface area contributed by atoms with Crippen LogP contribution in [0.4, 0.5) is 0 Å². The molecule has 4 heteroatoms. The Balaban J connectivity index is 2.05. The molecule has 2 rings (SSSR count). The Morgan fingerprint density at radius 2 is 1.73 bits per heavy atom. The van der Waals surface area contributed by atoms with E-state index in [1.165, 1.54) is 12.8 Å². The average Bonchev–Trinajstić information content (AvgIpc) is 2.43. The summed E-state index contributed by atoms with van der Waals surface area (Å²) in [6, 6.07) is 0.936. The van der Waals surface area contributed by atoms with Crippen molar-refractivity contribution in [2.45, 2.75) is 56.9 Å². The second-order valence-electron chi connectivity index (χ2n) is 5.45. The highest BCUT2D eigenvalue weighted by Crippen LogP contribution is 2.31. The molecule has 1 N–H and O–H groups in total. The first-order chi connectivity index (χ1) is 6.97. The highest BCUT2D eigenvalue weighted by atomic mass is 32.2. The summed E-state index contributed by atoms with van der Waals surface area (Å²) in [5.74, 6) is 0.611. The van der Waals surface area contributed by atoms with Crippen molar-refractivity contribution in [1.29, 1.82) is 0 Å². The molecule has 2 aliphatic rings. The maximum absolute atomic E-state index is 12.1. The second-order valence-corrected chi connectivity index (χ2v) is 7.78. The van der Waals surface area contributed by atoms with E-state index in [0.29, 0.717) is 17.8 Å². The first kappa shape index (κ1) is 11.4. The van der Waals surface area contributed by atoms with Crippen LogP contribution in [0.2, 0.25) is 0 Å². The van der Waals surface area contributed by atoms with Gasteiger partial charge in [0.25, 0.3) is 0 Å². The van der Waals surface area contributed by atoms with E-state index in [4.69, 9.17) is 0 Å². The summed E-state index contributed by atoms with van der Waals surface area (Å²) < 4.78 is 24.2. The monoisotopic (exact) mass is 231 g/mol. The van der Waals surface area contributed by atoms with Crippen molar-refractivity contribution in [3.05, 3.63) is 0 Å². The molecule has 2 fully saturated rings. The van der Waals surface area contributed by atoms with Crippen LogP contribution in [0.15, 0.2) is 0 Å². The third-order valence-corrected chi connectivity index (χ3v) is 6.04. The molecule has 2 bridgehead atoms. The number of sulfone groups is 1. The Kier molecular flexibility index (Phi) is 3.08. The summed E-state index contributed by atoms with van der Waals surface area (Å²) in [5, 5.41) is 3.41. The van der Waals surface area contributed by atoms with Gasteiger partial charge in [-0.1, -0.05) is 13.8 Å². The molecular weight excluding hydrogens is 210 g/mol. The van der Waals surface area contributed by atoms with Crippen molar-refractivity contribution >= 4 is 9.84 Å². The third-order valence-electron chi connectivity index (χ3n) is 3.50. The Morgan fingerprint density at radius 3 is 2.20 bits per heavy atom. The molecular formula is C11H21NO2S. The molecule has 0 aliphatic carbocycles. The lowest BCUT2D eigenvalue weighted by Crippen LogP contribution is -2.44. The van der Waals surface area contributed by atoms with Gasteiger partial charge in [-0.3, -0.25) is 0 Å². The first-order valence-electron chi connectivity index (χ1n) is 5.95. The molecule has 0 aromatic carbocycles. The predicted octanol–water partition coefficient (Wildman–Crippen LogP) is 1.34. The number of piperidine rings is 1. The molecule has 0 unspecified atom stereocenters. The smallest absolute Gasteiger partial charge is 0.153 e. The maximum Gasteiger partial charge on any atom is 0.153 e. The van der Waals surface area contributed by atoms with Crippen LogP contribution in [0.3, 0.4) is 0 Å². The fourth-order valence-corrected chi connectivity index (χ4v) is 5.15. The van der Waals surface area contributed by atoms with Crippen molar-refractivity contribution in [2.75, 3.05) is 5.75 Å². The molecule has 2 heterocycles. The van der Waals surface area contributed by atoms with Crippen molar-refractivity contribution < 1.29 is 8.42 Å². The van der Waals surface area contributed by atoms with Crippen LogP contribution in [0.5, 0.6) is 0 Å². The largest absolute Gasteiger partial charge is 0.311 e. The first-order valence-corrected chi connectivity index (χ1v) is 7.66. The fraction of sp³-hybridized carbons (Fsp3) is 1.00. The van der Waals surface area contributed by atoms with Gasteiger partial charge in [0, 0.05) is 12.1 Å². The lowest BCUT2D eigenvalue weighted by molar-refractivity contribution is 0.400. The van der Waals surface area contributed by atoms with Gasteiger partial charge in [0.2, 0.25) is 0 Å². The zero-order valence-corrected chi connectivity index (χ0v) is 10.4. The minimum atomic E-state index is -2.85. The second kappa shape index (κ2) is 4.06. The number of hydrogen-bond acceptors (Lipinski definition) is 3. The van der Waals surface area contributed by atoms with E-state index in [1.54, 1.807) is 0 Å². The van der Waals surface area contributed by atoms with Gasteiger partial charge in [-0.15, -0.1) is 0 Å². The van der Waals surface area contributed by atoms with Gasteiger partial charge in [-0.2, -0.15) is 0 Å². The van der Waals surface area contributed by atoms with Crippen molar-refractivity contribution in [3.63, 3.8) is 0 Å². The van der Waals surface area contributed by atoms with Crippen LogP contribution < -0.4 is 5.32 Å². The van der Waals surface area contributed by atoms with Crippen molar-refractivity contribution in [1.82, 2.24) is 5.32 Å². The van der Waals surface area contributed by atoms with Crippen LogP contribution >= 0.6 is 0 Å². The molecule has 0 aromatic heterocycles. The standard InChI is InChI=1S/C11H21NO2S/c1-8(2)7-15(13,14)11-5-9-3-4-10(6-11)12-9/h8-12H,3-7H2,1-2H3/t9-,10-/m1/s1. The molecule has 0 aromatic rings. The minimum Gasteiger partial charge on any atom is -0.311 e. The van der Waals surface area contributed by atoms with Gasteiger partial charge >= 0.3 is 0 Å². The van der Waals surface area contributed by atoms with Crippen LogP contribution in [-0.4, -0.2) is 31.5 Å². The van der Waals surface area contributed by atoms with E-state index in [0.717, 1.165) is 12.8 Å². The summed E-state index contributed by atoms with van der Waals surface area (Å²) in [6.45, 7) is 3.96.